The number of aromatic amines is 1. The summed E-state index contributed by atoms with van der Waals surface area (Å²) < 4.78 is 5.54. The van der Waals surface area contributed by atoms with Gasteiger partial charge in [0.05, 0.1) is 11.7 Å². The van der Waals surface area contributed by atoms with E-state index in [0.29, 0.717) is 23.9 Å². The first-order valence-electron chi connectivity index (χ1n) is 6.78. The van der Waals surface area contributed by atoms with E-state index in [1.807, 2.05) is 6.07 Å². The van der Waals surface area contributed by atoms with E-state index in [1.165, 1.54) is 19.0 Å². The van der Waals surface area contributed by atoms with Gasteiger partial charge in [-0.05, 0) is 38.2 Å². The van der Waals surface area contributed by atoms with Crippen LogP contribution >= 0.6 is 0 Å². The summed E-state index contributed by atoms with van der Waals surface area (Å²) in [7, 11) is 0. The van der Waals surface area contributed by atoms with Crippen LogP contribution in [0.15, 0.2) is 12.3 Å². The van der Waals surface area contributed by atoms with Crippen LogP contribution in [-0.4, -0.2) is 30.1 Å². The third-order valence-corrected chi connectivity index (χ3v) is 3.32. The monoisotopic (exact) mass is 261 g/mol. The number of unbranched alkanes of at least 4 members (excludes halogenated alkanes) is 1. The number of nitrogens with one attached hydrogen (secondary N) is 2. The number of amides is 1. The maximum atomic E-state index is 11.7. The fourth-order valence-corrected chi connectivity index (χ4v) is 2.26. The molecule has 1 atom stereocenters. The van der Waals surface area contributed by atoms with Gasteiger partial charge < -0.3 is 15.0 Å². The molecule has 0 aliphatic carbocycles. The number of nitriles is 1. The molecule has 0 radical (unpaired) electrons. The van der Waals surface area contributed by atoms with Gasteiger partial charge in [-0.1, -0.05) is 0 Å². The van der Waals surface area contributed by atoms with Crippen molar-refractivity contribution >= 4 is 5.91 Å². The highest BCUT2D eigenvalue weighted by Gasteiger charge is 2.14. The van der Waals surface area contributed by atoms with Crippen LogP contribution in [0.3, 0.4) is 0 Å². The summed E-state index contributed by atoms with van der Waals surface area (Å²) in [5.41, 5.74) is 0.916. The minimum absolute atomic E-state index is 0.154. The van der Waals surface area contributed by atoms with Crippen molar-refractivity contribution in [3.63, 3.8) is 0 Å². The van der Waals surface area contributed by atoms with Gasteiger partial charge in [-0.25, -0.2) is 0 Å². The van der Waals surface area contributed by atoms with Gasteiger partial charge >= 0.3 is 0 Å². The highest BCUT2D eigenvalue weighted by atomic mass is 16.5. The Morgan fingerprint density at radius 1 is 1.58 bits per heavy atom. The molecular weight excluding hydrogens is 242 g/mol. The topological polar surface area (TPSA) is 77.9 Å². The van der Waals surface area contributed by atoms with Gasteiger partial charge in [-0.2, -0.15) is 5.26 Å². The Morgan fingerprint density at radius 2 is 2.47 bits per heavy atom. The average molecular weight is 261 g/mol. The minimum atomic E-state index is -0.154. The second-order valence-electron chi connectivity index (χ2n) is 4.80. The lowest BCUT2D eigenvalue weighted by Crippen LogP contribution is -2.24. The Morgan fingerprint density at radius 3 is 3.16 bits per heavy atom. The van der Waals surface area contributed by atoms with Crippen molar-refractivity contribution in [3.05, 3.63) is 23.5 Å². The van der Waals surface area contributed by atoms with Gasteiger partial charge in [0.15, 0.2) is 0 Å². The number of carbonyl (C=O) groups excluding carboxylic acids is 1. The molecule has 19 heavy (non-hydrogen) atoms. The standard InChI is InChI=1S/C14H19N3O2/c15-9-11-8-13(17-10-11)14(18)16-6-2-1-4-12-5-3-7-19-12/h8,10,12,17H,1-7H2,(H,16,18). The molecular formula is C14H19N3O2. The van der Waals surface area contributed by atoms with E-state index >= 15 is 0 Å². The molecule has 0 aromatic carbocycles. The first kappa shape index (κ1) is 13.6. The van der Waals surface area contributed by atoms with Gasteiger partial charge in [0.25, 0.3) is 5.91 Å². The number of nitrogens with zero attached hydrogens (tertiary/aromatic N) is 1. The Kier molecular flexibility index (Phi) is 4.99. The zero-order valence-corrected chi connectivity index (χ0v) is 10.9. The Labute approximate surface area is 113 Å². The van der Waals surface area contributed by atoms with E-state index in [9.17, 15) is 4.79 Å². The molecule has 2 heterocycles. The van der Waals surface area contributed by atoms with Crippen LogP contribution in [0.25, 0.3) is 0 Å². The van der Waals surface area contributed by atoms with Crippen molar-refractivity contribution in [2.24, 2.45) is 0 Å². The van der Waals surface area contributed by atoms with Crippen LogP contribution in [-0.2, 0) is 4.74 Å². The third kappa shape index (κ3) is 4.11. The second-order valence-corrected chi connectivity index (χ2v) is 4.80. The lowest BCUT2D eigenvalue weighted by molar-refractivity contribution is 0.0943. The fraction of sp³-hybridized carbons (Fsp3) is 0.571. The zero-order valence-electron chi connectivity index (χ0n) is 10.9. The van der Waals surface area contributed by atoms with Crippen molar-refractivity contribution in [1.29, 1.82) is 5.26 Å². The molecule has 1 fully saturated rings. The predicted molar refractivity (Wildman–Crippen MR) is 70.7 cm³/mol. The molecule has 0 bridgehead atoms. The summed E-state index contributed by atoms with van der Waals surface area (Å²) in [4.78, 5) is 14.5. The highest BCUT2D eigenvalue weighted by molar-refractivity contribution is 5.92. The SMILES string of the molecule is N#Cc1c[nH]c(C(=O)NCCCCC2CCCO2)c1. The molecule has 1 amide bonds. The second kappa shape index (κ2) is 6.95. The molecule has 102 valence electrons. The van der Waals surface area contributed by atoms with Gasteiger partial charge in [-0.3, -0.25) is 4.79 Å². The van der Waals surface area contributed by atoms with Crippen molar-refractivity contribution in [1.82, 2.24) is 10.3 Å². The molecule has 2 rings (SSSR count). The zero-order chi connectivity index (χ0) is 13.5. The van der Waals surface area contributed by atoms with E-state index in [1.54, 1.807) is 6.07 Å². The third-order valence-electron chi connectivity index (χ3n) is 3.32. The largest absolute Gasteiger partial charge is 0.378 e. The fourth-order valence-electron chi connectivity index (χ4n) is 2.26. The maximum absolute atomic E-state index is 11.7. The summed E-state index contributed by atoms with van der Waals surface area (Å²) in [6.07, 6.45) is 7.42. The van der Waals surface area contributed by atoms with Crippen LogP contribution in [0, 0.1) is 11.3 Å². The minimum Gasteiger partial charge on any atom is -0.378 e. The number of ether oxygens (including phenoxy) is 1. The van der Waals surface area contributed by atoms with E-state index < -0.39 is 0 Å². The Balaban J connectivity index is 1.60. The molecule has 1 aliphatic rings. The summed E-state index contributed by atoms with van der Waals surface area (Å²) in [6.45, 7) is 1.56. The van der Waals surface area contributed by atoms with E-state index in [-0.39, 0.29) is 5.91 Å². The number of hydrogen-bond acceptors (Lipinski definition) is 3. The Hall–Kier alpha value is -1.80. The average Bonchev–Trinajstić information content (AvgIpc) is 3.09. The van der Waals surface area contributed by atoms with Crippen molar-refractivity contribution in [2.45, 2.75) is 38.2 Å². The lowest BCUT2D eigenvalue weighted by Gasteiger charge is -2.08. The molecule has 1 aliphatic heterocycles. The summed E-state index contributed by atoms with van der Waals surface area (Å²) in [5.74, 6) is -0.154. The first-order valence-corrected chi connectivity index (χ1v) is 6.78. The van der Waals surface area contributed by atoms with Crippen molar-refractivity contribution < 1.29 is 9.53 Å². The number of rotatable bonds is 6. The molecule has 5 heteroatoms. The summed E-state index contributed by atoms with van der Waals surface area (Å²) >= 11 is 0. The molecule has 1 saturated heterocycles. The van der Waals surface area contributed by atoms with Crippen LogP contribution in [0.1, 0.15) is 48.2 Å². The smallest absolute Gasteiger partial charge is 0.267 e. The predicted octanol–water partition coefficient (Wildman–Crippen LogP) is 1.97. The number of aromatic nitrogens is 1. The van der Waals surface area contributed by atoms with E-state index in [0.717, 1.165) is 25.9 Å². The quantitative estimate of drug-likeness (QED) is 0.768. The molecule has 0 spiro atoms. The number of H-pyrrole nitrogens is 1. The van der Waals surface area contributed by atoms with Gasteiger partial charge in [0.1, 0.15) is 11.8 Å². The van der Waals surface area contributed by atoms with Gasteiger partial charge in [0.2, 0.25) is 0 Å². The molecule has 2 N–H and O–H groups in total. The van der Waals surface area contributed by atoms with E-state index in [2.05, 4.69) is 10.3 Å². The van der Waals surface area contributed by atoms with Crippen LogP contribution in [0.4, 0.5) is 0 Å². The number of hydrogen-bond donors (Lipinski definition) is 2. The van der Waals surface area contributed by atoms with E-state index in [4.69, 9.17) is 10.00 Å². The van der Waals surface area contributed by atoms with Crippen LogP contribution < -0.4 is 5.32 Å². The molecule has 1 aromatic rings. The maximum Gasteiger partial charge on any atom is 0.267 e. The van der Waals surface area contributed by atoms with Crippen LogP contribution in [0.5, 0.6) is 0 Å². The lowest BCUT2D eigenvalue weighted by atomic mass is 10.1. The van der Waals surface area contributed by atoms with Gasteiger partial charge in [-0.15, -0.1) is 0 Å². The highest BCUT2D eigenvalue weighted by Crippen LogP contribution is 2.17. The molecule has 0 saturated carbocycles. The van der Waals surface area contributed by atoms with Crippen molar-refractivity contribution in [2.75, 3.05) is 13.2 Å². The summed E-state index contributed by atoms with van der Waals surface area (Å²) in [6, 6.07) is 3.54. The Bertz CT molecular complexity index is 456. The number of carbonyl (C=O) groups is 1. The molecule has 1 aromatic heterocycles. The molecule has 1 unspecified atom stereocenters. The normalized spacial score (nSPS) is 18.2. The van der Waals surface area contributed by atoms with Crippen molar-refractivity contribution in [3.8, 4) is 6.07 Å². The van der Waals surface area contributed by atoms with Gasteiger partial charge in [0, 0.05) is 19.3 Å². The first-order chi connectivity index (χ1) is 9.29. The molecule has 5 nitrogen and oxygen atoms in total. The van der Waals surface area contributed by atoms with Crippen LogP contribution in [0.2, 0.25) is 0 Å². The summed E-state index contributed by atoms with van der Waals surface area (Å²) in [5, 5.41) is 11.5.